The fraction of sp³-hybridized carbons (Fsp3) is 0.188. The van der Waals surface area contributed by atoms with Gasteiger partial charge in [-0.2, -0.15) is 0 Å². The minimum Gasteiger partial charge on any atom is -0.495 e. The Hall–Kier alpha value is -2.53. The molecule has 0 fully saturated rings. The quantitative estimate of drug-likeness (QED) is 0.791. The van der Waals surface area contributed by atoms with Gasteiger partial charge in [-0.3, -0.25) is 0 Å². The largest absolute Gasteiger partial charge is 0.495 e. The van der Waals surface area contributed by atoms with Gasteiger partial charge in [-0.05, 0) is 30.2 Å². The highest BCUT2D eigenvalue weighted by molar-refractivity contribution is 6.01. The zero-order valence-corrected chi connectivity index (χ0v) is 11.8. The summed E-state index contributed by atoms with van der Waals surface area (Å²) < 4.78 is 5.18. The van der Waals surface area contributed by atoms with Crippen LogP contribution in [0, 0.1) is 0 Å². The summed E-state index contributed by atoms with van der Waals surface area (Å²) in [6.07, 6.45) is 0.491. The summed E-state index contributed by atoms with van der Waals surface area (Å²) in [5.41, 5.74) is 2.16. The highest BCUT2D eigenvalue weighted by Crippen LogP contribution is 2.23. The lowest BCUT2D eigenvalue weighted by Gasteiger charge is -2.13. The summed E-state index contributed by atoms with van der Waals surface area (Å²) in [5.74, 6) is 0.594. The van der Waals surface area contributed by atoms with Crippen LogP contribution in [0.1, 0.15) is 5.56 Å². The van der Waals surface area contributed by atoms with Crippen molar-refractivity contribution in [2.45, 2.75) is 6.42 Å². The molecule has 5 nitrogen and oxygen atoms in total. The van der Waals surface area contributed by atoms with Crippen LogP contribution in [0.5, 0.6) is 5.75 Å². The number of methoxy groups -OCH3 is 1. The van der Waals surface area contributed by atoms with Crippen LogP contribution >= 0.6 is 0 Å². The molecule has 0 saturated heterocycles. The fourth-order valence-electron chi connectivity index (χ4n) is 2.00. The van der Waals surface area contributed by atoms with E-state index in [1.807, 2.05) is 30.3 Å². The van der Waals surface area contributed by atoms with Crippen LogP contribution in [0.15, 0.2) is 48.5 Å². The molecule has 0 unspecified atom stereocenters. The number of aliphatic hydroxyl groups is 1. The number of para-hydroxylation sites is 3. The van der Waals surface area contributed by atoms with Crippen LogP contribution in [0.3, 0.4) is 0 Å². The van der Waals surface area contributed by atoms with E-state index in [2.05, 4.69) is 10.6 Å². The lowest BCUT2D eigenvalue weighted by molar-refractivity contribution is 0.262. The van der Waals surface area contributed by atoms with E-state index < -0.39 is 0 Å². The smallest absolute Gasteiger partial charge is 0.323 e. The summed E-state index contributed by atoms with van der Waals surface area (Å²) in [6.45, 7) is 0.0345. The second kappa shape index (κ2) is 7.31. The van der Waals surface area contributed by atoms with E-state index in [4.69, 9.17) is 9.84 Å². The highest BCUT2D eigenvalue weighted by Gasteiger charge is 2.08. The van der Waals surface area contributed by atoms with Gasteiger partial charge >= 0.3 is 6.03 Å². The Balaban J connectivity index is 2.08. The molecule has 0 aliphatic heterocycles. The van der Waals surface area contributed by atoms with E-state index in [0.717, 1.165) is 5.56 Å². The van der Waals surface area contributed by atoms with Gasteiger partial charge in [0.05, 0.1) is 12.8 Å². The van der Waals surface area contributed by atoms with Crippen LogP contribution in [-0.4, -0.2) is 24.9 Å². The third-order valence-corrected chi connectivity index (χ3v) is 3.00. The average Bonchev–Trinajstić information content (AvgIpc) is 2.50. The van der Waals surface area contributed by atoms with E-state index in [1.54, 1.807) is 25.3 Å². The molecule has 21 heavy (non-hydrogen) atoms. The minimum absolute atomic E-state index is 0.0345. The van der Waals surface area contributed by atoms with Gasteiger partial charge in [-0.1, -0.05) is 30.3 Å². The molecule has 2 rings (SSSR count). The molecule has 0 radical (unpaired) electrons. The Morgan fingerprint density at radius 1 is 1.05 bits per heavy atom. The first kappa shape index (κ1) is 14.9. The molecular weight excluding hydrogens is 268 g/mol. The number of aliphatic hydroxyl groups excluding tert-OH is 1. The lowest BCUT2D eigenvalue weighted by atomic mass is 10.1. The summed E-state index contributed by atoms with van der Waals surface area (Å²) >= 11 is 0. The third kappa shape index (κ3) is 3.97. The number of urea groups is 1. The predicted octanol–water partition coefficient (Wildman–Crippen LogP) is 2.87. The molecule has 0 heterocycles. The number of amides is 2. The molecule has 110 valence electrons. The van der Waals surface area contributed by atoms with Crippen LogP contribution in [0.2, 0.25) is 0 Å². The SMILES string of the molecule is COc1ccccc1NC(=O)Nc1ccccc1CCO. The Morgan fingerprint density at radius 2 is 1.67 bits per heavy atom. The third-order valence-electron chi connectivity index (χ3n) is 3.00. The number of ether oxygens (including phenoxy) is 1. The predicted molar refractivity (Wildman–Crippen MR) is 82.9 cm³/mol. The Morgan fingerprint density at radius 3 is 2.38 bits per heavy atom. The van der Waals surface area contributed by atoms with Gasteiger partial charge in [0.15, 0.2) is 0 Å². The van der Waals surface area contributed by atoms with E-state index >= 15 is 0 Å². The first-order valence-electron chi connectivity index (χ1n) is 6.64. The number of nitrogens with one attached hydrogen (secondary N) is 2. The number of hydrogen-bond donors (Lipinski definition) is 3. The maximum Gasteiger partial charge on any atom is 0.323 e. The molecule has 0 saturated carbocycles. The average molecular weight is 286 g/mol. The zero-order valence-electron chi connectivity index (χ0n) is 11.8. The van der Waals surface area contributed by atoms with Crippen LogP contribution in [-0.2, 0) is 6.42 Å². The number of carbonyl (C=O) groups is 1. The molecule has 2 aromatic rings. The normalized spacial score (nSPS) is 10.0. The minimum atomic E-state index is -0.357. The molecule has 0 atom stereocenters. The number of hydrogen-bond acceptors (Lipinski definition) is 3. The van der Waals surface area contributed by atoms with E-state index in [9.17, 15) is 4.79 Å². The van der Waals surface area contributed by atoms with Crippen LogP contribution < -0.4 is 15.4 Å². The van der Waals surface area contributed by atoms with Gasteiger partial charge in [-0.15, -0.1) is 0 Å². The standard InChI is InChI=1S/C16H18N2O3/c1-21-15-9-5-4-8-14(15)18-16(20)17-13-7-3-2-6-12(13)10-11-19/h2-9,19H,10-11H2,1H3,(H2,17,18,20). The van der Waals surface area contributed by atoms with Gasteiger partial charge in [-0.25, -0.2) is 4.79 Å². The first-order valence-corrected chi connectivity index (χ1v) is 6.64. The van der Waals surface area contributed by atoms with Crippen molar-refractivity contribution < 1.29 is 14.6 Å². The number of anilines is 2. The van der Waals surface area contributed by atoms with Crippen LogP contribution in [0.4, 0.5) is 16.2 Å². The van der Waals surface area contributed by atoms with Crippen molar-refractivity contribution in [1.29, 1.82) is 0 Å². The summed E-state index contributed by atoms with van der Waals surface area (Å²) in [6, 6.07) is 14.2. The number of carbonyl (C=O) groups excluding carboxylic acids is 1. The topological polar surface area (TPSA) is 70.6 Å². The summed E-state index contributed by atoms with van der Waals surface area (Å²) in [5, 5.41) is 14.6. The number of benzene rings is 2. The molecule has 0 aliphatic rings. The number of rotatable bonds is 5. The van der Waals surface area contributed by atoms with Gasteiger partial charge in [0, 0.05) is 12.3 Å². The molecule has 0 spiro atoms. The van der Waals surface area contributed by atoms with E-state index in [0.29, 0.717) is 23.5 Å². The van der Waals surface area contributed by atoms with Crippen molar-refractivity contribution in [2.75, 3.05) is 24.4 Å². The Labute approximate surface area is 123 Å². The molecule has 0 aliphatic carbocycles. The highest BCUT2D eigenvalue weighted by atomic mass is 16.5. The van der Waals surface area contributed by atoms with Crippen molar-refractivity contribution in [1.82, 2.24) is 0 Å². The van der Waals surface area contributed by atoms with Crippen molar-refractivity contribution in [3.63, 3.8) is 0 Å². The maximum absolute atomic E-state index is 12.1. The van der Waals surface area contributed by atoms with Crippen molar-refractivity contribution in [3.05, 3.63) is 54.1 Å². The summed E-state index contributed by atoms with van der Waals surface area (Å²) in [7, 11) is 1.55. The molecule has 2 aromatic carbocycles. The Bertz CT molecular complexity index is 614. The fourth-order valence-corrected chi connectivity index (χ4v) is 2.00. The van der Waals surface area contributed by atoms with Crippen LogP contribution in [0.25, 0.3) is 0 Å². The maximum atomic E-state index is 12.1. The second-order valence-electron chi connectivity index (χ2n) is 4.41. The van der Waals surface area contributed by atoms with Gasteiger partial charge in [0.1, 0.15) is 5.75 Å². The van der Waals surface area contributed by atoms with Gasteiger partial charge in [0.2, 0.25) is 0 Å². The molecule has 3 N–H and O–H groups in total. The van der Waals surface area contributed by atoms with Gasteiger partial charge in [0.25, 0.3) is 0 Å². The van der Waals surface area contributed by atoms with Crippen molar-refractivity contribution in [2.24, 2.45) is 0 Å². The van der Waals surface area contributed by atoms with Crippen molar-refractivity contribution >= 4 is 17.4 Å². The molecule has 0 bridgehead atoms. The monoisotopic (exact) mass is 286 g/mol. The molecular formula is C16H18N2O3. The Kier molecular flexibility index (Phi) is 5.17. The van der Waals surface area contributed by atoms with Gasteiger partial charge < -0.3 is 20.5 Å². The van der Waals surface area contributed by atoms with E-state index in [1.165, 1.54) is 0 Å². The molecule has 2 amide bonds. The molecule has 5 heteroatoms. The lowest BCUT2D eigenvalue weighted by Crippen LogP contribution is -2.20. The second-order valence-corrected chi connectivity index (χ2v) is 4.41. The van der Waals surface area contributed by atoms with Crippen molar-refractivity contribution in [3.8, 4) is 5.75 Å². The molecule has 0 aromatic heterocycles. The summed E-state index contributed by atoms with van der Waals surface area (Å²) in [4.78, 5) is 12.1. The zero-order chi connectivity index (χ0) is 15.1. The first-order chi connectivity index (χ1) is 10.2. The van der Waals surface area contributed by atoms with E-state index in [-0.39, 0.29) is 12.6 Å².